The number of aryl methyl sites for hydroxylation is 1. The van der Waals surface area contributed by atoms with Gasteiger partial charge < -0.3 is 14.4 Å². The lowest BCUT2D eigenvalue weighted by Gasteiger charge is -2.16. The SMILES string of the molecule is Cc1nc(C(=O)N(C)Cc2ccoc2)ccc1C(=O)O. The summed E-state index contributed by atoms with van der Waals surface area (Å²) in [4.78, 5) is 28.6. The Kier molecular flexibility index (Phi) is 3.84. The van der Waals surface area contributed by atoms with Crippen LogP contribution in [0.5, 0.6) is 0 Å². The molecule has 6 nitrogen and oxygen atoms in total. The van der Waals surface area contributed by atoms with Crippen LogP contribution in [0.1, 0.15) is 32.1 Å². The van der Waals surface area contributed by atoms with Crippen molar-refractivity contribution in [2.75, 3.05) is 7.05 Å². The summed E-state index contributed by atoms with van der Waals surface area (Å²) in [5.74, 6) is -1.33. The Morgan fingerprint density at radius 2 is 2.10 bits per heavy atom. The molecule has 2 rings (SSSR count). The second-order valence-corrected chi connectivity index (χ2v) is 4.43. The molecule has 0 fully saturated rings. The van der Waals surface area contributed by atoms with Gasteiger partial charge in [0.2, 0.25) is 0 Å². The molecular weight excluding hydrogens is 260 g/mol. The monoisotopic (exact) mass is 274 g/mol. The molecule has 2 aromatic heterocycles. The van der Waals surface area contributed by atoms with Gasteiger partial charge in [-0.05, 0) is 25.1 Å². The highest BCUT2D eigenvalue weighted by Gasteiger charge is 2.16. The fourth-order valence-corrected chi connectivity index (χ4v) is 1.83. The van der Waals surface area contributed by atoms with E-state index >= 15 is 0 Å². The van der Waals surface area contributed by atoms with Crippen molar-refractivity contribution in [3.8, 4) is 0 Å². The summed E-state index contributed by atoms with van der Waals surface area (Å²) in [7, 11) is 1.65. The van der Waals surface area contributed by atoms with Crippen molar-refractivity contribution in [3.05, 3.63) is 53.2 Å². The van der Waals surface area contributed by atoms with E-state index in [-0.39, 0.29) is 17.2 Å². The van der Waals surface area contributed by atoms with Crippen LogP contribution in [0.2, 0.25) is 0 Å². The number of hydrogen-bond acceptors (Lipinski definition) is 4. The molecule has 6 heteroatoms. The molecule has 0 spiro atoms. The standard InChI is InChI=1S/C14H14N2O4/c1-9-11(14(18)19)3-4-12(15-9)13(17)16(2)7-10-5-6-20-8-10/h3-6,8H,7H2,1-2H3,(H,18,19). The van der Waals surface area contributed by atoms with Crippen LogP contribution in [0.4, 0.5) is 0 Å². The van der Waals surface area contributed by atoms with Crippen molar-refractivity contribution in [1.29, 1.82) is 0 Å². The lowest BCUT2D eigenvalue weighted by atomic mass is 10.2. The van der Waals surface area contributed by atoms with Crippen LogP contribution in [0, 0.1) is 6.92 Å². The first kappa shape index (κ1) is 13.8. The van der Waals surface area contributed by atoms with Gasteiger partial charge in [0.1, 0.15) is 5.69 Å². The summed E-state index contributed by atoms with van der Waals surface area (Å²) in [6, 6.07) is 4.59. The van der Waals surface area contributed by atoms with Gasteiger partial charge in [-0.25, -0.2) is 9.78 Å². The number of hydrogen-bond donors (Lipinski definition) is 1. The van der Waals surface area contributed by atoms with E-state index in [0.717, 1.165) is 5.56 Å². The van der Waals surface area contributed by atoms with E-state index < -0.39 is 5.97 Å². The number of amides is 1. The first-order valence-electron chi connectivity index (χ1n) is 5.96. The van der Waals surface area contributed by atoms with Crippen LogP contribution in [-0.4, -0.2) is 33.9 Å². The molecule has 0 aliphatic heterocycles. The van der Waals surface area contributed by atoms with Crippen molar-refractivity contribution in [3.63, 3.8) is 0 Å². The molecular formula is C14H14N2O4. The molecule has 20 heavy (non-hydrogen) atoms. The number of furan rings is 1. The van der Waals surface area contributed by atoms with E-state index in [1.54, 1.807) is 26.3 Å². The van der Waals surface area contributed by atoms with E-state index in [4.69, 9.17) is 9.52 Å². The Hall–Kier alpha value is -2.63. The Morgan fingerprint density at radius 1 is 1.35 bits per heavy atom. The highest BCUT2D eigenvalue weighted by atomic mass is 16.4. The van der Waals surface area contributed by atoms with Crippen LogP contribution in [0.15, 0.2) is 35.1 Å². The van der Waals surface area contributed by atoms with Gasteiger partial charge in [-0.3, -0.25) is 4.79 Å². The van der Waals surface area contributed by atoms with Gasteiger partial charge in [-0.15, -0.1) is 0 Å². The molecule has 0 saturated carbocycles. The average molecular weight is 274 g/mol. The number of carboxylic acids is 1. The second kappa shape index (κ2) is 5.56. The smallest absolute Gasteiger partial charge is 0.337 e. The van der Waals surface area contributed by atoms with Gasteiger partial charge in [-0.1, -0.05) is 0 Å². The minimum Gasteiger partial charge on any atom is -0.478 e. The number of carboxylic acid groups (broad SMARTS) is 1. The maximum Gasteiger partial charge on any atom is 0.337 e. The van der Waals surface area contributed by atoms with Crippen LogP contribution in [0.3, 0.4) is 0 Å². The van der Waals surface area contributed by atoms with E-state index in [9.17, 15) is 9.59 Å². The molecule has 0 bridgehead atoms. The summed E-state index contributed by atoms with van der Waals surface area (Å²) >= 11 is 0. The lowest BCUT2D eigenvalue weighted by molar-refractivity contribution is 0.0693. The summed E-state index contributed by atoms with van der Waals surface area (Å²) in [5.41, 5.74) is 1.51. The molecule has 0 unspecified atom stereocenters. The van der Waals surface area contributed by atoms with E-state index in [0.29, 0.717) is 12.2 Å². The molecule has 1 N–H and O–H groups in total. The zero-order valence-corrected chi connectivity index (χ0v) is 11.2. The highest BCUT2D eigenvalue weighted by Crippen LogP contribution is 2.11. The van der Waals surface area contributed by atoms with E-state index in [1.807, 2.05) is 0 Å². The maximum atomic E-state index is 12.2. The van der Waals surface area contributed by atoms with E-state index in [2.05, 4.69) is 4.98 Å². The molecule has 0 aliphatic rings. The summed E-state index contributed by atoms with van der Waals surface area (Å²) in [5, 5.41) is 8.93. The minimum absolute atomic E-state index is 0.0963. The van der Waals surface area contributed by atoms with Gasteiger partial charge >= 0.3 is 5.97 Å². The Balaban J connectivity index is 2.16. The number of aromatic nitrogens is 1. The quantitative estimate of drug-likeness (QED) is 0.921. The molecule has 1 amide bonds. The Bertz CT molecular complexity index is 635. The molecule has 0 aliphatic carbocycles. The molecule has 0 saturated heterocycles. The topological polar surface area (TPSA) is 83.6 Å². The summed E-state index contributed by atoms with van der Waals surface area (Å²) in [6.07, 6.45) is 3.10. The van der Waals surface area contributed by atoms with Gasteiger partial charge in [0.05, 0.1) is 23.8 Å². The summed E-state index contributed by atoms with van der Waals surface area (Å²) in [6.45, 7) is 1.97. The number of carbonyl (C=O) groups excluding carboxylic acids is 1. The van der Waals surface area contributed by atoms with Crippen molar-refractivity contribution < 1.29 is 19.1 Å². The lowest BCUT2D eigenvalue weighted by Crippen LogP contribution is -2.27. The fourth-order valence-electron chi connectivity index (χ4n) is 1.83. The van der Waals surface area contributed by atoms with Crippen LogP contribution in [0.25, 0.3) is 0 Å². The predicted octanol–water partition coefficient (Wildman–Crippen LogP) is 1.95. The molecule has 104 valence electrons. The predicted molar refractivity (Wildman–Crippen MR) is 70.4 cm³/mol. The van der Waals surface area contributed by atoms with Crippen molar-refractivity contribution in [2.24, 2.45) is 0 Å². The number of rotatable bonds is 4. The highest BCUT2D eigenvalue weighted by molar-refractivity contribution is 5.94. The van der Waals surface area contributed by atoms with Crippen LogP contribution in [-0.2, 0) is 6.54 Å². The molecule has 0 atom stereocenters. The van der Waals surface area contributed by atoms with Crippen LogP contribution >= 0.6 is 0 Å². The zero-order chi connectivity index (χ0) is 14.7. The number of aromatic carboxylic acids is 1. The van der Waals surface area contributed by atoms with Gasteiger partial charge in [0, 0.05) is 19.2 Å². The van der Waals surface area contributed by atoms with Gasteiger partial charge in [-0.2, -0.15) is 0 Å². The summed E-state index contributed by atoms with van der Waals surface area (Å²) < 4.78 is 4.94. The molecule has 2 heterocycles. The largest absolute Gasteiger partial charge is 0.478 e. The number of pyridine rings is 1. The van der Waals surface area contributed by atoms with Crippen molar-refractivity contribution in [2.45, 2.75) is 13.5 Å². The van der Waals surface area contributed by atoms with Crippen molar-refractivity contribution in [1.82, 2.24) is 9.88 Å². The Labute approximate surface area is 115 Å². The zero-order valence-electron chi connectivity index (χ0n) is 11.2. The second-order valence-electron chi connectivity index (χ2n) is 4.43. The van der Waals surface area contributed by atoms with E-state index in [1.165, 1.54) is 23.3 Å². The third kappa shape index (κ3) is 2.85. The normalized spacial score (nSPS) is 10.3. The molecule has 0 aromatic carbocycles. The number of nitrogens with zero attached hydrogens (tertiary/aromatic N) is 2. The van der Waals surface area contributed by atoms with Crippen LogP contribution < -0.4 is 0 Å². The molecule has 0 radical (unpaired) electrons. The van der Waals surface area contributed by atoms with Crippen molar-refractivity contribution >= 4 is 11.9 Å². The fraction of sp³-hybridized carbons (Fsp3) is 0.214. The average Bonchev–Trinajstić information content (AvgIpc) is 2.90. The first-order chi connectivity index (χ1) is 9.49. The minimum atomic E-state index is -1.05. The third-order valence-corrected chi connectivity index (χ3v) is 2.88. The third-order valence-electron chi connectivity index (χ3n) is 2.88. The maximum absolute atomic E-state index is 12.2. The Morgan fingerprint density at radius 3 is 2.65 bits per heavy atom. The van der Waals surface area contributed by atoms with Gasteiger partial charge in [0.15, 0.2) is 0 Å². The molecule has 2 aromatic rings. The van der Waals surface area contributed by atoms with Gasteiger partial charge in [0.25, 0.3) is 5.91 Å². The number of carbonyl (C=O) groups is 2. The first-order valence-corrected chi connectivity index (χ1v) is 5.96.